The third kappa shape index (κ3) is 2.58. The van der Waals surface area contributed by atoms with E-state index in [0.29, 0.717) is 19.5 Å². The maximum absolute atomic E-state index is 11.9. The second kappa shape index (κ2) is 4.52. The van der Waals surface area contributed by atoms with Crippen molar-refractivity contribution in [1.29, 1.82) is 0 Å². The molecule has 3 heterocycles. The minimum atomic E-state index is -2.95. The summed E-state index contributed by atoms with van der Waals surface area (Å²) >= 11 is 0. The average Bonchev–Trinajstić information content (AvgIpc) is 2.86. The summed E-state index contributed by atoms with van der Waals surface area (Å²) in [4.78, 5) is 13.6. The zero-order chi connectivity index (χ0) is 13.5. The molecular weight excluding hydrogens is 268 g/mol. The van der Waals surface area contributed by atoms with Gasteiger partial charge < -0.3 is 10.2 Å². The summed E-state index contributed by atoms with van der Waals surface area (Å²) < 4.78 is 24.5. The number of aromatic nitrogens is 2. The van der Waals surface area contributed by atoms with Crippen LogP contribution in [0.5, 0.6) is 0 Å². The molecule has 2 aliphatic heterocycles. The number of carbonyl (C=O) groups excluding carboxylic acids is 1. The molecule has 1 atom stereocenters. The number of nitrogens with one attached hydrogen (secondary N) is 1. The van der Waals surface area contributed by atoms with E-state index >= 15 is 0 Å². The Bertz CT molecular complexity index is 563. The molecule has 1 N–H and O–H groups in total. The monoisotopic (exact) mass is 284 g/mol. The quantitative estimate of drug-likeness (QED) is 0.803. The van der Waals surface area contributed by atoms with Crippen LogP contribution in [0.15, 0.2) is 18.5 Å². The molecule has 1 unspecified atom stereocenters. The normalized spacial score (nSPS) is 26.1. The predicted octanol–water partition coefficient (Wildman–Crippen LogP) is -0.363. The smallest absolute Gasteiger partial charge is 0.317 e. The summed E-state index contributed by atoms with van der Waals surface area (Å²) in [7, 11) is -2.95. The molecule has 0 aromatic carbocycles. The van der Waals surface area contributed by atoms with Gasteiger partial charge in [-0.15, -0.1) is 0 Å². The first kappa shape index (κ1) is 12.5. The van der Waals surface area contributed by atoms with Crippen LogP contribution in [-0.4, -0.2) is 59.8 Å². The first-order valence-electron chi connectivity index (χ1n) is 6.28. The van der Waals surface area contributed by atoms with Crippen LogP contribution in [0.1, 0.15) is 12.5 Å². The van der Waals surface area contributed by atoms with Crippen molar-refractivity contribution in [3.63, 3.8) is 0 Å². The van der Waals surface area contributed by atoms with Gasteiger partial charge in [-0.1, -0.05) is 0 Å². The summed E-state index contributed by atoms with van der Waals surface area (Å²) in [6.45, 7) is 1.24. The fourth-order valence-electron chi connectivity index (χ4n) is 2.46. The zero-order valence-electron chi connectivity index (χ0n) is 10.4. The van der Waals surface area contributed by atoms with Gasteiger partial charge in [-0.3, -0.25) is 4.68 Å². The van der Waals surface area contributed by atoms with E-state index < -0.39 is 9.84 Å². The molecule has 2 aliphatic rings. The highest BCUT2D eigenvalue weighted by Crippen LogP contribution is 2.20. The molecule has 104 valence electrons. The third-order valence-electron chi connectivity index (χ3n) is 3.61. The second-order valence-electron chi connectivity index (χ2n) is 5.09. The Morgan fingerprint density at radius 2 is 2.16 bits per heavy atom. The molecule has 3 rings (SSSR count). The Kier molecular flexibility index (Phi) is 2.96. The topological polar surface area (TPSA) is 84.3 Å². The lowest BCUT2D eigenvalue weighted by atomic mass is 10.1. The van der Waals surface area contributed by atoms with Crippen LogP contribution in [0.3, 0.4) is 0 Å². The third-order valence-corrected chi connectivity index (χ3v) is 5.38. The molecule has 8 heteroatoms. The standard InChI is InChI=1S/C11H16N4O3S/c16-11(13-9-2-5-19(17,18)8-9)14-6-10(7-14)15-4-1-3-12-15/h1,3-4,9-10H,2,5-8H2,(H,13,16). The van der Waals surface area contributed by atoms with E-state index in [1.54, 1.807) is 11.1 Å². The SMILES string of the molecule is O=C(NC1CCS(=O)(=O)C1)N1CC(n2cccn2)C1. The zero-order valence-corrected chi connectivity index (χ0v) is 11.2. The van der Waals surface area contributed by atoms with Crippen LogP contribution in [0.25, 0.3) is 0 Å². The van der Waals surface area contributed by atoms with Crippen LogP contribution < -0.4 is 5.32 Å². The molecule has 0 saturated carbocycles. The molecular formula is C11H16N4O3S. The number of amides is 2. The van der Waals surface area contributed by atoms with E-state index in [1.807, 2.05) is 16.9 Å². The van der Waals surface area contributed by atoms with E-state index in [1.165, 1.54) is 0 Å². The second-order valence-corrected chi connectivity index (χ2v) is 7.32. The van der Waals surface area contributed by atoms with E-state index in [9.17, 15) is 13.2 Å². The molecule has 0 spiro atoms. The highest BCUT2D eigenvalue weighted by atomic mass is 32.2. The average molecular weight is 284 g/mol. The summed E-state index contributed by atoms with van der Waals surface area (Å²) in [6, 6.07) is 1.67. The maximum Gasteiger partial charge on any atom is 0.317 e. The van der Waals surface area contributed by atoms with E-state index in [2.05, 4.69) is 10.4 Å². The van der Waals surface area contributed by atoms with Gasteiger partial charge in [0, 0.05) is 31.5 Å². The van der Waals surface area contributed by atoms with Gasteiger partial charge in [0.2, 0.25) is 0 Å². The summed E-state index contributed by atoms with van der Waals surface area (Å²) in [6.07, 6.45) is 4.11. The predicted molar refractivity (Wildman–Crippen MR) is 68.4 cm³/mol. The van der Waals surface area contributed by atoms with Crippen molar-refractivity contribution in [3.05, 3.63) is 18.5 Å². The molecule has 0 bridgehead atoms. The molecule has 1 aromatic rings. The molecule has 2 saturated heterocycles. The number of hydrogen-bond acceptors (Lipinski definition) is 4. The summed E-state index contributed by atoms with van der Waals surface area (Å²) in [5, 5.41) is 6.91. The van der Waals surface area contributed by atoms with E-state index in [0.717, 1.165) is 0 Å². The van der Waals surface area contributed by atoms with Crippen LogP contribution in [0, 0.1) is 0 Å². The molecule has 1 aromatic heterocycles. The Morgan fingerprint density at radius 1 is 1.37 bits per heavy atom. The fourth-order valence-corrected chi connectivity index (χ4v) is 4.13. The lowest BCUT2D eigenvalue weighted by Crippen LogP contribution is -2.56. The Balaban J connectivity index is 1.48. The van der Waals surface area contributed by atoms with Gasteiger partial charge in [0.1, 0.15) is 0 Å². The number of rotatable bonds is 2. The van der Waals surface area contributed by atoms with Crippen LogP contribution in [0.4, 0.5) is 4.79 Å². The van der Waals surface area contributed by atoms with Gasteiger partial charge >= 0.3 is 6.03 Å². The molecule has 19 heavy (non-hydrogen) atoms. The van der Waals surface area contributed by atoms with Gasteiger partial charge in [0.25, 0.3) is 0 Å². The summed E-state index contributed by atoms with van der Waals surface area (Å²) in [5.74, 6) is 0.239. The number of urea groups is 1. The molecule has 2 fully saturated rings. The lowest BCUT2D eigenvalue weighted by molar-refractivity contribution is 0.116. The highest BCUT2D eigenvalue weighted by molar-refractivity contribution is 7.91. The summed E-state index contributed by atoms with van der Waals surface area (Å²) in [5.41, 5.74) is 0. The van der Waals surface area contributed by atoms with Crippen molar-refractivity contribution in [3.8, 4) is 0 Å². The first-order valence-corrected chi connectivity index (χ1v) is 8.11. The number of sulfone groups is 1. The molecule has 0 aliphatic carbocycles. The highest BCUT2D eigenvalue weighted by Gasteiger charge is 2.35. The van der Waals surface area contributed by atoms with Gasteiger partial charge in [0.15, 0.2) is 9.84 Å². The van der Waals surface area contributed by atoms with Gasteiger partial charge in [0.05, 0.1) is 17.5 Å². The van der Waals surface area contributed by atoms with Crippen molar-refractivity contribution >= 4 is 15.9 Å². The maximum atomic E-state index is 11.9. The van der Waals surface area contributed by atoms with Gasteiger partial charge in [-0.05, 0) is 12.5 Å². The fraction of sp³-hybridized carbons (Fsp3) is 0.636. The largest absolute Gasteiger partial charge is 0.334 e. The number of hydrogen-bond donors (Lipinski definition) is 1. The Hall–Kier alpha value is -1.57. The Morgan fingerprint density at radius 3 is 2.74 bits per heavy atom. The number of nitrogens with zero attached hydrogens (tertiary/aromatic N) is 3. The van der Waals surface area contributed by atoms with Gasteiger partial charge in [-0.25, -0.2) is 13.2 Å². The van der Waals surface area contributed by atoms with Crippen molar-refractivity contribution in [2.75, 3.05) is 24.6 Å². The minimum absolute atomic E-state index is 0.0646. The lowest BCUT2D eigenvalue weighted by Gasteiger charge is -2.39. The molecule has 0 radical (unpaired) electrons. The Labute approximate surface area is 111 Å². The van der Waals surface area contributed by atoms with Crippen molar-refractivity contribution in [2.45, 2.75) is 18.5 Å². The van der Waals surface area contributed by atoms with E-state index in [4.69, 9.17) is 0 Å². The van der Waals surface area contributed by atoms with Crippen LogP contribution in [-0.2, 0) is 9.84 Å². The minimum Gasteiger partial charge on any atom is -0.334 e. The first-order chi connectivity index (χ1) is 9.03. The van der Waals surface area contributed by atoms with Crippen molar-refractivity contribution in [1.82, 2.24) is 20.0 Å². The van der Waals surface area contributed by atoms with Crippen molar-refractivity contribution < 1.29 is 13.2 Å². The number of likely N-dealkylation sites (tertiary alicyclic amines) is 1. The number of carbonyl (C=O) groups is 1. The van der Waals surface area contributed by atoms with Crippen LogP contribution >= 0.6 is 0 Å². The molecule has 2 amide bonds. The van der Waals surface area contributed by atoms with E-state index in [-0.39, 0.29) is 29.6 Å². The van der Waals surface area contributed by atoms with Gasteiger partial charge in [-0.2, -0.15) is 5.10 Å². The van der Waals surface area contributed by atoms with Crippen molar-refractivity contribution in [2.24, 2.45) is 0 Å². The van der Waals surface area contributed by atoms with Crippen LogP contribution in [0.2, 0.25) is 0 Å². The molecule has 7 nitrogen and oxygen atoms in total.